The molecule has 0 saturated heterocycles. The second-order valence-corrected chi connectivity index (χ2v) is 7.27. The maximum Gasteiger partial charge on any atom is 0.242 e. The van der Waals surface area contributed by atoms with Crippen LogP contribution in [-0.4, -0.2) is 46.6 Å². The maximum absolute atomic E-state index is 12.2. The Kier molecular flexibility index (Phi) is 6.44. The third-order valence-corrected chi connectivity index (χ3v) is 4.98. The van der Waals surface area contributed by atoms with E-state index in [2.05, 4.69) is 12.2 Å². The van der Waals surface area contributed by atoms with Gasteiger partial charge in [-0.25, -0.2) is 12.7 Å². The van der Waals surface area contributed by atoms with E-state index in [1.165, 1.54) is 24.5 Å². The number of hydrogen-bond acceptors (Lipinski definition) is 5. The second-order valence-electron chi connectivity index (χ2n) is 5.12. The quantitative estimate of drug-likeness (QED) is 0.714. The average molecular weight is 315 g/mol. The molecule has 0 spiro atoms. The molecule has 3 N–H and O–H groups in total. The summed E-state index contributed by atoms with van der Waals surface area (Å²) in [7, 11) is 1.18. The third-order valence-electron chi connectivity index (χ3n) is 3.17. The third kappa shape index (κ3) is 4.59. The number of hydrogen-bond donors (Lipinski definition) is 2. The Morgan fingerprint density at radius 2 is 2.05 bits per heavy atom. The molecule has 6 nitrogen and oxygen atoms in total. The van der Waals surface area contributed by atoms with Crippen LogP contribution in [0.5, 0.6) is 0 Å². The van der Waals surface area contributed by atoms with Crippen molar-refractivity contribution in [3.8, 4) is 0 Å². The van der Waals surface area contributed by atoms with Crippen molar-refractivity contribution in [2.75, 3.05) is 38.9 Å². The van der Waals surface area contributed by atoms with Gasteiger partial charge in [0.25, 0.3) is 0 Å². The van der Waals surface area contributed by atoms with Crippen molar-refractivity contribution in [3.05, 3.63) is 18.2 Å². The van der Waals surface area contributed by atoms with Gasteiger partial charge in [0, 0.05) is 27.2 Å². The number of methoxy groups -OCH3 is 1. The van der Waals surface area contributed by atoms with Crippen LogP contribution < -0.4 is 11.1 Å². The summed E-state index contributed by atoms with van der Waals surface area (Å²) in [4.78, 5) is 0.219. The van der Waals surface area contributed by atoms with Crippen molar-refractivity contribution < 1.29 is 13.2 Å². The van der Waals surface area contributed by atoms with E-state index < -0.39 is 10.0 Å². The first-order valence-corrected chi connectivity index (χ1v) is 8.34. The van der Waals surface area contributed by atoms with E-state index in [0.717, 1.165) is 12.8 Å². The van der Waals surface area contributed by atoms with Crippen LogP contribution in [0.2, 0.25) is 0 Å². The summed E-state index contributed by atoms with van der Waals surface area (Å²) >= 11 is 0. The highest BCUT2D eigenvalue weighted by Gasteiger charge is 2.19. The molecule has 1 atom stereocenters. The van der Waals surface area contributed by atoms with Crippen molar-refractivity contribution >= 4 is 21.4 Å². The van der Waals surface area contributed by atoms with Crippen molar-refractivity contribution in [1.82, 2.24) is 4.31 Å². The van der Waals surface area contributed by atoms with Gasteiger partial charge in [0.15, 0.2) is 0 Å². The van der Waals surface area contributed by atoms with Crippen molar-refractivity contribution in [3.63, 3.8) is 0 Å². The lowest BCUT2D eigenvalue weighted by Crippen LogP contribution is -2.26. The standard InChI is InChI=1S/C14H25N3O3S/c1-5-6-11(10-20-4)16-14-9-12(7-8-13(14)15)21(18,19)17(2)3/h7-9,11,16H,5-6,10,15H2,1-4H3. The Morgan fingerprint density at radius 1 is 1.38 bits per heavy atom. The van der Waals surface area contributed by atoms with Crippen LogP contribution in [0.3, 0.4) is 0 Å². The lowest BCUT2D eigenvalue weighted by atomic mass is 10.1. The van der Waals surface area contributed by atoms with E-state index in [-0.39, 0.29) is 10.9 Å². The maximum atomic E-state index is 12.2. The fourth-order valence-electron chi connectivity index (χ4n) is 2.00. The molecule has 0 fully saturated rings. The Hall–Kier alpha value is -1.31. The summed E-state index contributed by atoms with van der Waals surface area (Å²) in [5, 5.41) is 3.27. The minimum atomic E-state index is -3.47. The molecule has 1 aromatic carbocycles. The van der Waals surface area contributed by atoms with Crippen molar-refractivity contribution in [2.24, 2.45) is 0 Å². The molecule has 0 amide bonds. The van der Waals surface area contributed by atoms with E-state index in [9.17, 15) is 8.42 Å². The number of nitrogen functional groups attached to an aromatic ring is 1. The highest BCUT2D eigenvalue weighted by Crippen LogP contribution is 2.25. The smallest absolute Gasteiger partial charge is 0.242 e. The van der Waals surface area contributed by atoms with Crippen LogP contribution in [0, 0.1) is 0 Å². The van der Waals surface area contributed by atoms with Crippen LogP contribution in [-0.2, 0) is 14.8 Å². The Balaban J connectivity index is 3.07. The van der Waals surface area contributed by atoms with Crippen LogP contribution in [0.1, 0.15) is 19.8 Å². The number of nitrogens with two attached hydrogens (primary N) is 1. The topological polar surface area (TPSA) is 84.7 Å². The molecule has 0 bridgehead atoms. The molecule has 1 unspecified atom stereocenters. The van der Waals surface area contributed by atoms with Gasteiger partial charge in [-0.15, -0.1) is 0 Å². The molecule has 0 heterocycles. The second kappa shape index (κ2) is 7.63. The number of rotatable bonds is 8. The number of sulfonamides is 1. The molecule has 1 rings (SSSR count). The average Bonchev–Trinajstić information content (AvgIpc) is 2.41. The fraction of sp³-hybridized carbons (Fsp3) is 0.571. The van der Waals surface area contributed by atoms with Gasteiger partial charge in [-0.1, -0.05) is 13.3 Å². The molecule has 21 heavy (non-hydrogen) atoms. The largest absolute Gasteiger partial charge is 0.397 e. The molecular weight excluding hydrogens is 290 g/mol. The monoisotopic (exact) mass is 315 g/mol. The Bertz CT molecular complexity index is 553. The summed E-state index contributed by atoms with van der Waals surface area (Å²) in [5.74, 6) is 0. The summed E-state index contributed by atoms with van der Waals surface area (Å²) in [6, 6.07) is 4.79. The lowest BCUT2D eigenvalue weighted by molar-refractivity contribution is 0.182. The molecule has 0 aliphatic heterocycles. The number of nitrogens with zero attached hydrogens (tertiary/aromatic N) is 1. The first kappa shape index (κ1) is 17.7. The zero-order chi connectivity index (χ0) is 16.0. The van der Waals surface area contributed by atoms with E-state index >= 15 is 0 Å². The normalized spacial score (nSPS) is 13.4. The van der Waals surface area contributed by atoms with E-state index in [0.29, 0.717) is 18.0 Å². The van der Waals surface area contributed by atoms with Gasteiger partial charge in [-0.05, 0) is 24.6 Å². The van der Waals surface area contributed by atoms with E-state index in [1.54, 1.807) is 19.2 Å². The van der Waals surface area contributed by atoms with Gasteiger partial charge in [0.2, 0.25) is 10.0 Å². The molecule has 7 heteroatoms. The Morgan fingerprint density at radius 3 is 2.57 bits per heavy atom. The minimum absolute atomic E-state index is 0.0969. The fourth-order valence-corrected chi connectivity index (χ4v) is 2.93. The molecule has 0 aliphatic carbocycles. The minimum Gasteiger partial charge on any atom is -0.397 e. The van der Waals surface area contributed by atoms with Gasteiger partial charge in [-0.2, -0.15) is 0 Å². The summed E-state index contributed by atoms with van der Waals surface area (Å²) in [6.07, 6.45) is 1.91. The molecule has 0 saturated carbocycles. The van der Waals surface area contributed by atoms with Crippen molar-refractivity contribution in [2.45, 2.75) is 30.7 Å². The molecule has 0 aliphatic rings. The predicted octanol–water partition coefficient (Wildman–Crippen LogP) is 1.75. The van der Waals surface area contributed by atoms with E-state index in [4.69, 9.17) is 10.5 Å². The summed E-state index contributed by atoms with van der Waals surface area (Å²) < 4.78 is 30.7. The number of benzene rings is 1. The lowest BCUT2D eigenvalue weighted by Gasteiger charge is -2.21. The SMILES string of the molecule is CCCC(COC)Nc1cc(S(=O)(=O)N(C)C)ccc1N. The number of ether oxygens (including phenoxy) is 1. The first-order valence-electron chi connectivity index (χ1n) is 6.90. The van der Waals surface area contributed by atoms with Crippen LogP contribution in [0.4, 0.5) is 11.4 Å². The Labute approximate surface area is 127 Å². The predicted molar refractivity (Wildman–Crippen MR) is 85.9 cm³/mol. The number of anilines is 2. The highest BCUT2D eigenvalue weighted by atomic mass is 32.2. The molecule has 1 aromatic rings. The van der Waals surface area contributed by atoms with Gasteiger partial charge >= 0.3 is 0 Å². The number of nitrogens with one attached hydrogen (secondary N) is 1. The molecular formula is C14H25N3O3S. The van der Waals surface area contributed by atoms with Crippen LogP contribution >= 0.6 is 0 Å². The van der Waals surface area contributed by atoms with Crippen LogP contribution in [0.15, 0.2) is 23.1 Å². The van der Waals surface area contributed by atoms with Crippen molar-refractivity contribution in [1.29, 1.82) is 0 Å². The molecule has 0 aromatic heterocycles. The zero-order valence-electron chi connectivity index (χ0n) is 13.1. The molecule has 0 radical (unpaired) electrons. The molecule has 120 valence electrons. The van der Waals surface area contributed by atoms with E-state index in [1.807, 2.05) is 0 Å². The van der Waals surface area contributed by atoms with Crippen LogP contribution in [0.25, 0.3) is 0 Å². The van der Waals surface area contributed by atoms with Gasteiger partial charge in [0.05, 0.1) is 22.9 Å². The van der Waals surface area contributed by atoms with Gasteiger partial charge in [-0.3, -0.25) is 0 Å². The zero-order valence-corrected chi connectivity index (χ0v) is 13.9. The summed E-state index contributed by atoms with van der Waals surface area (Å²) in [5.41, 5.74) is 7.08. The summed E-state index contributed by atoms with van der Waals surface area (Å²) in [6.45, 7) is 2.62. The van der Waals surface area contributed by atoms with Gasteiger partial charge < -0.3 is 15.8 Å². The highest BCUT2D eigenvalue weighted by molar-refractivity contribution is 7.89. The van der Waals surface area contributed by atoms with Gasteiger partial charge in [0.1, 0.15) is 0 Å². The first-order chi connectivity index (χ1) is 9.82.